The van der Waals surface area contributed by atoms with Crippen LogP contribution in [0.4, 0.5) is 0 Å². The Morgan fingerprint density at radius 2 is 1.81 bits per heavy atom. The van der Waals surface area contributed by atoms with Crippen molar-refractivity contribution in [2.75, 3.05) is 6.54 Å². The largest absolute Gasteiger partial charge is 0.354 e. The van der Waals surface area contributed by atoms with E-state index in [1.54, 1.807) is 16.7 Å². The predicted octanol–water partition coefficient (Wildman–Crippen LogP) is 3.39. The molecule has 2 amide bonds. The van der Waals surface area contributed by atoms with Gasteiger partial charge in [-0.25, -0.2) is 0 Å². The molecule has 5 heteroatoms. The molecule has 4 rings (SSSR count). The van der Waals surface area contributed by atoms with E-state index < -0.39 is 6.04 Å². The number of hydrogen-bond donors (Lipinski definition) is 1. The van der Waals surface area contributed by atoms with Gasteiger partial charge in [-0.15, -0.1) is 11.8 Å². The maximum atomic E-state index is 13.0. The van der Waals surface area contributed by atoms with E-state index in [1.807, 2.05) is 56.3 Å². The van der Waals surface area contributed by atoms with Crippen LogP contribution in [0, 0.1) is 0 Å². The molecule has 1 N–H and O–H groups in total. The van der Waals surface area contributed by atoms with Crippen molar-refractivity contribution < 1.29 is 9.59 Å². The summed E-state index contributed by atoms with van der Waals surface area (Å²) in [6, 6.07) is 17.3. The highest BCUT2D eigenvalue weighted by atomic mass is 32.2. The first-order valence-corrected chi connectivity index (χ1v) is 9.78. The lowest BCUT2D eigenvalue weighted by Crippen LogP contribution is -2.52. The number of carbonyl (C=O) groups excluding carboxylic acids is 2. The lowest BCUT2D eigenvalue weighted by molar-refractivity contribution is -0.126. The molecule has 2 aliphatic rings. The van der Waals surface area contributed by atoms with Gasteiger partial charge in [-0.05, 0) is 37.5 Å². The van der Waals surface area contributed by atoms with E-state index in [4.69, 9.17) is 0 Å². The number of nitrogens with zero attached hydrogens (tertiary/aromatic N) is 1. The van der Waals surface area contributed by atoms with Crippen molar-refractivity contribution in [2.24, 2.45) is 0 Å². The van der Waals surface area contributed by atoms with E-state index in [2.05, 4.69) is 17.4 Å². The number of rotatable bonds is 4. The summed E-state index contributed by atoms with van der Waals surface area (Å²) < 4.78 is -0.329. The van der Waals surface area contributed by atoms with Crippen LogP contribution in [0.1, 0.15) is 40.7 Å². The third kappa shape index (κ3) is 2.80. The molecule has 1 saturated heterocycles. The highest BCUT2D eigenvalue weighted by Crippen LogP contribution is 2.56. The lowest BCUT2D eigenvalue weighted by atomic mass is 10.0. The smallest absolute Gasteiger partial charge is 0.256 e. The Morgan fingerprint density at radius 3 is 2.58 bits per heavy atom. The number of thioether (sulfide) groups is 1. The van der Waals surface area contributed by atoms with Crippen molar-refractivity contribution in [2.45, 2.75) is 36.4 Å². The molecule has 0 unspecified atom stereocenters. The zero-order chi connectivity index (χ0) is 18.3. The molecular formula is C21H22N2O2S. The van der Waals surface area contributed by atoms with Gasteiger partial charge in [0.15, 0.2) is 0 Å². The fourth-order valence-electron chi connectivity index (χ4n) is 3.88. The summed E-state index contributed by atoms with van der Waals surface area (Å²) in [6.07, 6.45) is 0.782. The Hall–Kier alpha value is -2.27. The quantitative estimate of drug-likeness (QED) is 0.902. The average Bonchev–Trinajstić information content (AvgIpc) is 3.06. The molecular weight excluding hydrogens is 344 g/mol. The van der Waals surface area contributed by atoms with Gasteiger partial charge in [-0.1, -0.05) is 48.5 Å². The van der Waals surface area contributed by atoms with E-state index >= 15 is 0 Å². The van der Waals surface area contributed by atoms with Crippen LogP contribution >= 0.6 is 11.8 Å². The summed E-state index contributed by atoms with van der Waals surface area (Å²) in [5.41, 5.74) is 2.94. The highest BCUT2D eigenvalue weighted by molar-refractivity contribution is 8.01. The summed E-state index contributed by atoms with van der Waals surface area (Å²) in [7, 11) is 0. The fraction of sp³-hybridized carbons (Fsp3) is 0.333. The maximum absolute atomic E-state index is 13.0. The molecule has 26 heavy (non-hydrogen) atoms. The minimum atomic E-state index is -0.465. The summed E-state index contributed by atoms with van der Waals surface area (Å²) in [6.45, 7) is 4.67. The molecule has 1 fully saturated rings. The molecule has 2 aromatic rings. The Kier molecular flexibility index (Phi) is 4.27. The van der Waals surface area contributed by atoms with Gasteiger partial charge < -0.3 is 10.2 Å². The normalized spacial score (nSPS) is 22.8. The zero-order valence-electron chi connectivity index (χ0n) is 14.9. The summed E-state index contributed by atoms with van der Waals surface area (Å²) in [4.78, 5) is 27.7. The van der Waals surface area contributed by atoms with Gasteiger partial charge >= 0.3 is 0 Å². The maximum Gasteiger partial charge on any atom is 0.256 e. The van der Waals surface area contributed by atoms with Crippen molar-refractivity contribution >= 4 is 23.6 Å². The molecule has 2 atom stereocenters. The van der Waals surface area contributed by atoms with Crippen molar-refractivity contribution in [1.29, 1.82) is 0 Å². The van der Waals surface area contributed by atoms with Crippen LogP contribution in [0.2, 0.25) is 0 Å². The minimum Gasteiger partial charge on any atom is -0.354 e. The molecule has 2 aromatic carbocycles. The molecule has 0 saturated carbocycles. The molecule has 0 spiro atoms. The Labute approximate surface area is 158 Å². The molecule has 0 aliphatic carbocycles. The first-order chi connectivity index (χ1) is 12.5. The highest BCUT2D eigenvalue weighted by Gasteiger charge is 2.57. The Bertz CT molecular complexity index is 850. The second-order valence-corrected chi connectivity index (χ2v) is 9.04. The molecule has 0 radical (unpaired) electrons. The van der Waals surface area contributed by atoms with Gasteiger partial charge in [-0.3, -0.25) is 9.59 Å². The third-order valence-electron chi connectivity index (χ3n) is 5.10. The number of benzene rings is 2. The second-order valence-electron chi connectivity index (χ2n) is 7.30. The number of nitrogens with one attached hydrogen (secondary N) is 1. The van der Waals surface area contributed by atoms with Crippen LogP contribution in [0.3, 0.4) is 0 Å². The van der Waals surface area contributed by atoms with Gasteiger partial charge in [-0.2, -0.15) is 0 Å². The van der Waals surface area contributed by atoms with Crippen LogP contribution in [-0.4, -0.2) is 34.0 Å². The predicted molar refractivity (Wildman–Crippen MR) is 104 cm³/mol. The van der Waals surface area contributed by atoms with Gasteiger partial charge in [0.1, 0.15) is 11.4 Å². The van der Waals surface area contributed by atoms with Crippen LogP contribution in [-0.2, 0) is 11.2 Å². The van der Waals surface area contributed by atoms with E-state index in [1.165, 1.54) is 5.56 Å². The molecule has 2 aliphatic heterocycles. The van der Waals surface area contributed by atoms with Gasteiger partial charge in [0.25, 0.3) is 5.91 Å². The number of amides is 2. The summed E-state index contributed by atoms with van der Waals surface area (Å²) in [5, 5.41) is 2.97. The average molecular weight is 366 g/mol. The Morgan fingerprint density at radius 1 is 1.12 bits per heavy atom. The van der Waals surface area contributed by atoms with Crippen molar-refractivity contribution in [3.8, 4) is 0 Å². The first kappa shape index (κ1) is 17.2. The van der Waals surface area contributed by atoms with Gasteiger partial charge in [0.05, 0.1) is 0 Å². The summed E-state index contributed by atoms with van der Waals surface area (Å²) in [5.74, 6) is -0.103. The second kappa shape index (κ2) is 6.47. The van der Waals surface area contributed by atoms with Crippen molar-refractivity contribution in [1.82, 2.24) is 10.2 Å². The van der Waals surface area contributed by atoms with Crippen LogP contribution in [0.15, 0.2) is 54.6 Å². The van der Waals surface area contributed by atoms with Crippen molar-refractivity contribution in [3.63, 3.8) is 0 Å². The number of hydrogen-bond acceptors (Lipinski definition) is 3. The fourth-order valence-corrected chi connectivity index (χ4v) is 5.46. The van der Waals surface area contributed by atoms with E-state index in [-0.39, 0.29) is 21.9 Å². The lowest BCUT2D eigenvalue weighted by Gasteiger charge is -2.29. The standard InChI is InChI=1S/C21H22N2O2S/c1-21(2)17(18(24)22-13-12-14-8-4-3-5-9-14)23-19(25)15-10-6-7-11-16(15)20(23)26-21/h3-11,17,20H,12-13H2,1-2H3,(H,22,24)/t17-,20-/m1/s1. The minimum absolute atomic E-state index is 0.0353. The molecule has 4 nitrogen and oxygen atoms in total. The SMILES string of the molecule is CC1(C)S[C@@H]2c3ccccc3C(=O)N2[C@@H]1C(=O)NCCc1ccccc1. The molecule has 0 bridgehead atoms. The molecule has 2 heterocycles. The van der Waals surface area contributed by atoms with Crippen LogP contribution in [0.5, 0.6) is 0 Å². The molecule has 134 valence electrons. The van der Waals surface area contributed by atoms with Crippen LogP contribution < -0.4 is 5.32 Å². The van der Waals surface area contributed by atoms with Crippen molar-refractivity contribution in [3.05, 3.63) is 71.3 Å². The van der Waals surface area contributed by atoms with E-state index in [0.717, 1.165) is 17.5 Å². The number of carbonyl (C=O) groups is 2. The monoisotopic (exact) mass is 366 g/mol. The van der Waals surface area contributed by atoms with Gasteiger partial charge in [0.2, 0.25) is 5.91 Å². The van der Waals surface area contributed by atoms with E-state index in [9.17, 15) is 9.59 Å². The van der Waals surface area contributed by atoms with Crippen LogP contribution in [0.25, 0.3) is 0 Å². The topological polar surface area (TPSA) is 49.4 Å². The Balaban J connectivity index is 1.50. The third-order valence-corrected chi connectivity index (χ3v) is 6.64. The molecule has 0 aromatic heterocycles. The first-order valence-electron chi connectivity index (χ1n) is 8.90. The van der Waals surface area contributed by atoms with E-state index in [0.29, 0.717) is 6.54 Å². The summed E-state index contributed by atoms with van der Waals surface area (Å²) >= 11 is 1.70. The van der Waals surface area contributed by atoms with Gasteiger partial charge in [0, 0.05) is 16.9 Å². The zero-order valence-corrected chi connectivity index (χ0v) is 15.8. The number of fused-ring (bicyclic) bond motifs is 3.